The van der Waals surface area contributed by atoms with E-state index in [1.807, 2.05) is 20.8 Å². The van der Waals surface area contributed by atoms with Crippen molar-refractivity contribution >= 4 is 5.91 Å². The van der Waals surface area contributed by atoms with Crippen molar-refractivity contribution in [3.8, 4) is 0 Å². The summed E-state index contributed by atoms with van der Waals surface area (Å²) in [5.41, 5.74) is -1.82. The summed E-state index contributed by atoms with van der Waals surface area (Å²) >= 11 is 0. The van der Waals surface area contributed by atoms with Crippen molar-refractivity contribution in [2.45, 2.75) is 39.3 Å². The van der Waals surface area contributed by atoms with Crippen molar-refractivity contribution in [3.63, 3.8) is 0 Å². The predicted octanol–water partition coefficient (Wildman–Crippen LogP) is 0.298. The zero-order chi connectivity index (χ0) is 11.0. The minimum Gasteiger partial charge on any atom is -0.380 e. The average molecular weight is 201 g/mol. The highest BCUT2D eigenvalue weighted by molar-refractivity contribution is 5.85. The lowest BCUT2D eigenvalue weighted by molar-refractivity contribution is -0.153. The van der Waals surface area contributed by atoms with Gasteiger partial charge < -0.3 is 15.2 Å². The Hall–Kier alpha value is -0.610. The van der Waals surface area contributed by atoms with Gasteiger partial charge in [-0.05, 0) is 12.3 Å². The number of rotatable bonds is 2. The molecule has 1 heterocycles. The number of aliphatic hydroxyl groups is 1. The smallest absolute Gasteiger partial charge is 0.252 e. The van der Waals surface area contributed by atoms with Gasteiger partial charge in [-0.15, -0.1) is 0 Å². The third-order valence-electron chi connectivity index (χ3n) is 2.88. The van der Waals surface area contributed by atoms with Crippen LogP contribution in [0.4, 0.5) is 0 Å². The van der Waals surface area contributed by atoms with E-state index >= 15 is 0 Å². The second kappa shape index (κ2) is 3.51. The van der Waals surface area contributed by atoms with Crippen LogP contribution in [0.5, 0.6) is 0 Å². The van der Waals surface area contributed by atoms with E-state index in [1.165, 1.54) is 0 Å². The van der Waals surface area contributed by atoms with Gasteiger partial charge in [-0.3, -0.25) is 4.79 Å². The second-order valence-corrected chi connectivity index (χ2v) is 5.03. The van der Waals surface area contributed by atoms with Crippen LogP contribution >= 0.6 is 0 Å². The Morgan fingerprint density at radius 3 is 2.14 bits per heavy atom. The Bertz CT molecular complexity index is 226. The molecule has 14 heavy (non-hydrogen) atoms. The molecule has 1 aliphatic rings. The highest BCUT2D eigenvalue weighted by atomic mass is 16.5. The number of carbonyl (C=O) groups is 1. The molecule has 1 saturated heterocycles. The lowest BCUT2D eigenvalue weighted by Gasteiger charge is -2.38. The van der Waals surface area contributed by atoms with E-state index in [4.69, 9.17) is 4.74 Å². The monoisotopic (exact) mass is 201 g/mol. The van der Waals surface area contributed by atoms with Crippen molar-refractivity contribution in [2.75, 3.05) is 13.2 Å². The maximum absolute atomic E-state index is 11.7. The summed E-state index contributed by atoms with van der Waals surface area (Å²) < 4.78 is 4.94. The van der Waals surface area contributed by atoms with E-state index < -0.39 is 11.0 Å². The lowest BCUT2D eigenvalue weighted by Crippen LogP contribution is -2.59. The molecule has 1 amide bonds. The first-order chi connectivity index (χ1) is 6.25. The van der Waals surface area contributed by atoms with Crippen LogP contribution in [0.2, 0.25) is 0 Å². The summed E-state index contributed by atoms with van der Waals surface area (Å²) in [6.45, 7) is 8.15. The molecule has 0 saturated carbocycles. The van der Waals surface area contributed by atoms with Gasteiger partial charge >= 0.3 is 0 Å². The molecule has 4 nitrogen and oxygen atoms in total. The number of hydrogen-bond acceptors (Lipinski definition) is 3. The van der Waals surface area contributed by atoms with E-state index in [2.05, 4.69) is 5.32 Å². The van der Waals surface area contributed by atoms with E-state index in [9.17, 15) is 9.90 Å². The van der Waals surface area contributed by atoms with Gasteiger partial charge in [0.05, 0.1) is 19.3 Å². The molecular weight excluding hydrogens is 182 g/mol. The third-order valence-corrected chi connectivity index (χ3v) is 2.88. The summed E-state index contributed by atoms with van der Waals surface area (Å²) in [6.07, 6.45) is 0. The molecule has 0 aromatic heterocycles. The minimum atomic E-state index is -1.34. The van der Waals surface area contributed by atoms with Gasteiger partial charge in [0, 0.05) is 0 Å². The first-order valence-electron chi connectivity index (χ1n) is 4.86. The Balaban J connectivity index is 2.57. The van der Waals surface area contributed by atoms with Crippen LogP contribution in [-0.2, 0) is 9.53 Å². The van der Waals surface area contributed by atoms with Gasteiger partial charge in [0.1, 0.15) is 5.60 Å². The molecule has 1 rings (SSSR count). The maximum Gasteiger partial charge on any atom is 0.252 e. The predicted molar refractivity (Wildman–Crippen MR) is 52.8 cm³/mol. The van der Waals surface area contributed by atoms with Crippen LogP contribution < -0.4 is 5.32 Å². The molecule has 2 N–H and O–H groups in total. The SMILES string of the molecule is CC(C)(C)C(C)(O)C(=O)NC1COC1. The fraction of sp³-hybridized carbons (Fsp3) is 0.900. The first kappa shape index (κ1) is 11.5. The normalized spacial score (nSPS) is 22.4. The van der Waals surface area contributed by atoms with Crippen LogP contribution in [0.1, 0.15) is 27.7 Å². The van der Waals surface area contributed by atoms with Crippen LogP contribution in [0, 0.1) is 5.41 Å². The van der Waals surface area contributed by atoms with Gasteiger partial charge in [0.25, 0.3) is 5.91 Å². The second-order valence-electron chi connectivity index (χ2n) is 5.03. The van der Waals surface area contributed by atoms with Crippen molar-refractivity contribution in [3.05, 3.63) is 0 Å². The molecule has 0 radical (unpaired) electrons. The molecule has 1 unspecified atom stereocenters. The summed E-state index contributed by atoms with van der Waals surface area (Å²) in [4.78, 5) is 11.7. The number of ether oxygens (including phenoxy) is 1. The topological polar surface area (TPSA) is 58.6 Å². The van der Waals surface area contributed by atoms with Gasteiger partial charge in [-0.25, -0.2) is 0 Å². The highest BCUT2D eigenvalue weighted by Crippen LogP contribution is 2.30. The average Bonchev–Trinajstić information content (AvgIpc) is 1.93. The third kappa shape index (κ3) is 2.07. The van der Waals surface area contributed by atoms with Gasteiger partial charge in [0.2, 0.25) is 0 Å². The molecule has 82 valence electrons. The lowest BCUT2D eigenvalue weighted by atomic mass is 9.77. The summed E-state index contributed by atoms with van der Waals surface area (Å²) in [5.74, 6) is -0.321. The Morgan fingerprint density at radius 1 is 1.36 bits per heavy atom. The molecule has 0 aromatic carbocycles. The van der Waals surface area contributed by atoms with Crippen LogP contribution in [0.25, 0.3) is 0 Å². The molecule has 4 heteroatoms. The zero-order valence-corrected chi connectivity index (χ0v) is 9.26. The van der Waals surface area contributed by atoms with Crippen LogP contribution in [-0.4, -0.2) is 35.9 Å². The molecule has 0 spiro atoms. The molecule has 1 fully saturated rings. The first-order valence-corrected chi connectivity index (χ1v) is 4.86. The van der Waals surface area contributed by atoms with Crippen molar-refractivity contribution in [2.24, 2.45) is 5.41 Å². The van der Waals surface area contributed by atoms with Crippen LogP contribution in [0.3, 0.4) is 0 Å². The van der Waals surface area contributed by atoms with Crippen molar-refractivity contribution in [1.82, 2.24) is 5.32 Å². The summed E-state index contributed by atoms with van der Waals surface area (Å²) in [5, 5.41) is 12.8. The fourth-order valence-corrected chi connectivity index (χ4v) is 0.986. The standard InChI is InChI=1S/C10H19NO3/c1-9(2,3)10(4,13)8(12)11-7-5-14-6-7/h7,13H,5-6H2,1-4H3,(H,11,12). The molecule has 0 bridgehead atoms. The van der Waals surface area contributed by atoms with E-state index in [0.29, 0.717) is 13.2 Å². The van der Waals surface area contributed by atoms with E-state index in [1.54, 1.807) is 6.92 Å². The quantitative estimate of drug-likeness (QED) is 0.675. The summed E-state index contributed by atoms with van der Waals surface area (Å²) in [7, 11) is 0. The molecule has 0 aliphatic carbocycles. The van der Waals surface area contributed by atoms with Crippen molar-refractivity contribution < 1.29 is 14.6 Å². The number of hydrogen-bond donors (Lipinski definition) is 2. The van der Waals surface area contributed by atoms with Gasteiger partial charge in [-0.1, -0.05) is 20.8 Å². The number of nitrogens with one attached hydrogen (secondary N) is 1. The Morgan fingerprint density at radius 2 is 1.86 bits per heavy atom. The largest absolute Gasteiger partial charge is 0.380 e. The zero-order valence-electron chi connectivity index (χ0n) is 9.26. The highest BCUT2D eigenvalue weighted by Gasteiger charge is 2.43. The molecular formula is C10H19NO3. The Labute approximate surface area is 84.6 Å². The minimum absolute atomic E-state index is 0.0660. The Kier molecular flexibility index (Phi) is 2.88. The summed E-state index contributed by atoms with van der Waals surface area (Å²) in [6, 6.07) is 0.0660. The van der Waals surface area contributed by atoms with E-state index in [-0.39, 0.29) is 11.9 Å². The van der Waals surface area contributed by atoms with Gasteiger partial charge in [-0.2, -0.15) is 0 Å². The molecule has 0 aromatic rings. The van der Waals surface area contributed by atoms with E-state index in [0.717, 1.165) is 0 Å². The maximum atomic E-state index is 11.7. The molecule has 1 aliphatic heterocycles. The number of carbonyl (C=O) groups excluding carboxylic acids is 1. The fourth-order valence-electron chi connectivity index (χ4n) is 0.986. The van der Waals surface area contributed by atoms with Gasteiger partial charge in [0.15, 0.2) is 0 Å². The molecule has 1 atom stereocenters. The van der Waals surface area contributed by atoms with Crippen molar-refractivity contribution in [1.29, 1.82) is 0 Å². The van der Waals surface area contributed by atoms with Crippen LogP contribution in [0.15, 0.2) is 0 Å². The number of amides is 1.